The number of hydrogen-bond acceptors (Lipinski definition) is 2. The second-order valence-corrected chi connectivity index (χ2v) is 9.17. The lowest BCUT2D eigenvalue weighted by Crippen LogP contribution is -2.45. The molecular formula is C27H37ClO2. The molecule has 0 radical (unpaired) electrons. The van der Waals surface area contributed by atoms with Gasteiger partial charge in [-0.1, -0.05) is 76.0 Å². The molecule has 1 fully saturated rings. The first-order chi connectivity index (χ1) is 14.5. The molecule has 3 heteroatoms. The fourth-order valence-corrected chi connectivity index (χ4v) is 5.29. The smallest absolute Gasteiger partial charge is 0.0964 e. The number of rotatable bonds is 8. The van der Waals surface area contributed by atoms with Crippen molar-refractivity contribution in [1.82, 2.24) is 0 Å². The number of aliphatic hydroxyl groups excluding tert-OH is 1. The first kappa shape index (κ1) is 23.3. The van der Waals surface area contributed by atoms with Crippen LogP contribution in [-0.2, 0) is 29.6 Å². The minimum absolute atomic E-state index is 0.0850. The van der Waals surface area contributed by atoms with Crippen LogP contribution in [-0.4, -0.2) is 17.8 Å². The molecule has 1 heterocycles. The third-order valence-electron chi connectivity index (χ3n) is 7.06. The standard InChI is InChI=1S/C27H37ClO2/c1-5-19(4)27(16-8-9-22(18-29)30-27)25-14-15-26(28)24(23(25)7-3)17-21-12-10-20(6-2)11-13-21/h10-15,19,22,29H,5-9,16-18H2,1-4H3. The van der Waals surface area contributed by atoms with Gasteiger partial charge in [-0.3, -0.25) is 0 Å². The van der Waals surface area contributed by atoms with Crippen molar-refractivity contribution in [3.63, 3.8) is 0 Å². The molecule has 2 nitrogen and oxygen atoms in total. The van der Waals surface area contributed by atoms with Gasteiger partial charge in [0.15, 0.2) is 0 Å². The van der Waals surface area contributed by atoms with E-state index < -0.39 is 0 Å². The van der Waals surface area contributed by atoms with Gasteiger partial charge in [0.2, 0.25) is 0 Å². The molecule has 2 aromatic carbocycles. The van der Waals surface area contributed by atoms with Crippen molar-refractivity contribution in [3.8, 4) is 0 Å². The topological polar surface area (TPSA) is 29.5 Å². The Morgan fingerprint density at radius 3 is 2.33 bits per heavy atom. The minimum atomic E-state index is -0.350. The summed E-state index contributed by atoms with van der Waals surface area (Å²) in [7, 11) is 0. The van der Waals surface area contributed by atoms with Crippen molar-refractivity contribution in [2.24, 2.45) is 5.92 Å². The normalized spacial score (nSPS) is 22.8. The largest absolute Gasteiger partial charge is 0.394 e. The molecule has 3 unspecified atom stereocenters. The van der Waals surface area contributed by atoms with Crippen molar-refractivity contribution in [2.45, 2.75) is 84.3 Å². The predicted octanol–water partition coefficient (Wildman–Crippen LogP) is 6.86. The first-order valence-corrected chi connectivity index (χ1v) is 12.0. The van der Waals surface area contributed by atoms with Crippen LogP contribution in [0.4, 0.5) is 0 Å². The molecule has 0 amide bonds. The Hall–Kier alpha value is -1.35. The number of halogens is 1. The van der Waals surface area contributed by atoms with E-state index in [-0.39, 0.29) is 18.3 Å². The summed E-state index contributed by atoms with van der Waals surface area (Å²) in [6, 6.07) is 13.1. The third kappa shape index (κ3) is 4.61. The molecule has 2 aromatic rings. The van der Waals surface area contributed by atoms with Crippen LogP contribution in [0.15, 0.2) is 36.4 Å². The zero-order chi connectivity index (χ0) is 21.7. The van der Waals surface area contributed by atoms with Crippen molar-refractivity contribution in [2.75, 3.05) is 6.61 Å². The number of hydrogen-bond donors (Lipinski definition) is 1. The molecule has 0 spiro atoms. The van der Waals surface area contributed by atoms with Crippen LogP contribution in [0.25, 0.3) is 0 Å². The third-order valence-corrected chi connectivity index (χ3v) is 7.41. The Morgan fingerprint density at radius 2 is 1.73 bits per heavy atom. The Labute approximate surface area is 187 Å². The van der Waals surface area contributed by atoms with Gasteiger partial charge >= 0.3 is 0 Å². The molecule has 164 valence electrons. The maximum Gasteiger partial charge on any atom is 0.0964 e. The number of aliphatic hydroxyl groups is 1. The zero-order valence-electron chi connectivity index (χ0n) is 19.0. The SMILES string of the molecule is CCc1ccc(Cc2c(Cl)ccc(C3(C(C)CC)CCCC(CO)O3)c2CC)cc1. The highest BCUT2D eigenvalue weighted by atomic mass is 35.5. The molecule has 3 atom stereocenters. The first-order valence-electron chi connectivity index (χ1n) is 11.7. The van der Waals surface area contributed by atoms with Gasteiger partial charge < -0.3 is 9.84 Å². The summed E-state index contributed by atoms with van der Waals surface area (Å²) in [6.07, 6.45) is 6.77. The van der Waals surface area contributed by atoms with Gasteiger partial charge in [-0.05, 0) is 78.3 Å². The average Bonchev–Trinajstić information content (AvgIpc) is 2.79. The molecule has 0 aliphatic carbocycles. The molecule has 0 saturated carbocycles. The van der Waals surface area contributed by atoms with Crippen LogP contribution in [0.5, 0.6) is 0 Å². The fraction of sp³-hybridized carbons (Fsp3) is 0.556. The van der Waals surface area contributed by atoms with Crippen LogP contribution in [0.2, 0.25) is 5.02 Å². The van der Waals surface area contributed by atoms with Gasteiger partial charge in [-0.15, -0.1) is 0 Å². The summed E-state index contributed by atoms with van der Waals surface area (Å²) in [6.45, 7) is 9.01. The van der Waals surface area contributed by atoms with Crippen LogP contribution < -0.4 is 0 Å². The molecule has 30 heavy (non-hydrogen) atoms. The van der Waals surface area contributed by atoms with Gasteiger partial charge in [0.25, 0.3) is 0 Å². The van der Waals surface area contributed by atoms with E-state index >= 15 is 0 Å². The lowest BCUT2D eigenvalue weighted by Gasteiger charge is -2.46. The second kappa shape index (κ2) is 10.3. The van der Waals surface area contributed by atoms with Crippen LogP contribution in [0, 0.1) is 5.92 Å². The van der Waals surface area contributed by atoms with Crippen molar-refractivity contribution >= 4 is 11.6 Å². The zero-order valence-corrected chi connectivity index (χ0v) is 19.8. The predicted molar refractivity (Wildman–Crippen MR) is 126 cm³/mol. The number of ether oxygens (including phenoxy) is 1. The van der Waals surface area contributed by atoms with E-state index in [1.54, 1.807) is 0 Å². The molecule has 1 aliphatic rings. The Kier molecular flexibility index (Phi) is 8.01. The monoisotopic (exact) mass is 428 g/mol. The van der Waals surface area contributed by atoms with Gasteiger partial charge in [0.1, 0.15) is 0 Å². The molecule has 0 bridgehead atoms. The van der Waals surface area contributed by atoms with Crippen LogP contribution >= 0.6 is 11.6 Å². The van der Waals surface area contributed by atoms with Gasteiger partial charge in [0, 0.05) is 5.02 Å². The number of aryl methyl sites for hydroxylation is 1. The quantitative estimate of drug-likeness (QED) is 0.497. The van der Waals surface area contributed by atoms with Crippen molar-refractivity contribution < 1.29 is 9.84 Å². The highest BCUT2D eigenvalue weighted by Gasteiger charge is 2.44. The van der Waals surface area contributed by atoms with Crippen molar-refractivity contribution in [3.05, 3.63) is 69.2 Å². The van der Waals surface area contributed by atoms with E-state index in [2.05, 4.69) is 64.1 Å². The lowest BCUT2D eigenvalue weighted by atomic mass is 9.72. The van der Waals surface area contributed by atoms with Crippen LogP contribution in [0.1, 0.15) is 81.2 Å². The summed E-state index contributed by atoms with van der Waals surface area (Å²) in [5.41, 5.74) is 6.12. The van der Waals surface area contributed by atoms with E-state index in [0.717, 1.165) is 50.0 Å². The van der Waals surface area contributed by atoms with Crippen LogP contribution in [0.3, 0.4) is 0 Å². The lowest BCUT2D eigenvalue weighted by molar-refractivity contribution is -0.174. The van der Waals surface area contributed by atoms with E-state index in [9.17, 15) is 5.11 Å². The van der Waals surface area contributed by atoms with E-state index in [1.807, 2.05) is 0 Å². The Balaban J connectivity index is 2.08. The van der Waals surface area contributed by atoms with Crippen molar-refractivity contribution in [1.29, 1.82) is 0 Å². The molecular weight excluding hydrogens is 392 g/mol. The average molecular weight is 429 g/mol. The number of benzene rings is 2. The summed E-state index contributed by atoms with van der Waals surface area (Å²) < 4.78 is 6.69. The molecule has 1 saturated heterocycles. The van der Waals surface area contributed by atoms with Gasteiger partial charge in [-0.25, -0.2) is 0 Å². The molecule has 1 N–H and O–H groups in total. The maximum atomic E-state index is 9.84. The molecule has 3 rings (SSSR count). The highest BCUT2D eigenvalue weighted by Crippen LogP contribution is 2.47. The Bertz CT molecular complexity index is 830. The van der Waals surface area contributed by atoms with E-state index in [4.69, 9.17) is 16.3 Å². The summed E-state index contributed by atoms with van der Waals surface area (Å²) >= 11 is 6.76. The summed E-state index contributed by atoms with van der Waals surface area (Å²) in [5.74, 6) is 0.370. The van der Waals surface area contributed by atoms with E-state index in [1.165, 1.54) is 27.8 Å². The fourth-order valence-electron chi connectivity index (χ4n) is 5.04. The second-order valence-electron chi connectivity index (χ2n) is 8.77. The summed E-state index contributed by atoms with van der Waals surface area (Å²) in [5, 5.41) is 10.7. The van der Waals surface area contributed by atoms with Gasteiger partial charge in [-0.2, -0.15) is 0 Å². The Morgan fingerprint density at radius 1 is 1.03 bits per heavy atom. The summed E-state index contributed by atoms with van der Waals surface area (Å²) in [4.78, 5) is 0. The maximum absolute atomic E-state index is 9.84. The molecule has 0 aromatic heterocycles. The molecule has 1 aliphatic heterocycles. The van der Waals surface area contributed by atoms with E-state index in [0.29, 0.717) is 5.92 Å². The van der Waals surface area contributed by atoms with Gasteiger partial charge in [0.05, 0.1) is 18.3 Å². The highest BCUT2D eigenvalue weighted by molar-refractivity contribution is 6.31. The minimum Gasteiger partial charge on any atom is -0.394 e.